The van der Waals surface area contributed by atoms with Crippen LogP contribution in [0.4, 0.5) is 4.79 Å². The molecule has 0 radical (unpaired) electrons. The molecular weight excluding hydrogens is 224 g/mol. The number of nitriles is 1. The van der Waals surface area contributed by atoms with E-state index in [2.05, 4.69) is 5.32 Å². The maximum atomic E-state index is 11.4. The number of carbonyl (C=O) groups excluding carboxylic acids is 2. The summed E-state index contributed by atoms with van der Waals surface area (Å²) in [6, 6.07) is 0.813. The van der Waals surface area contributed by atoms with Gasteiger partial charge in [0.1, 0.15) is 11.6 Å². The highest BCUT2D eigenvalue weighted by atomic mass is 16.6. The number of carbonyl (C=O) groups is 2. The van der Waals surface area contributed by atoms with Crippen molar-refractivity contribution in [2.24, 2.45) is 0 Å². The number of nitrogens with one attached hydrogen (secondary N) is 1. The van der Waals surface area contributed by atoms with Crippen LogP contribution in [0.2, 0.25) is 0 Å². The van der Waals surface area contributed by atoms with Gasteiger partial charge in [-0.3, -0.25) is 0 Å². The molecule has 1 N–H and O–H groups in total. The number of alkyl carbamates (subject to hydrolysis) is 1. The van der Waals surface area contributed by atoms with Crippen molar-refractivity contribution in [2.75, 3.05) is 6.61 Å². The van der Waals surface area contributed by atoms with Crippen LogP contribution in [0.25, 0.3) is 0 Å². The van der Waals surface area contributed by atoms with E-state index >= 15 is 0 Å². The van der Waals surface area contributed by atoms with E-state index in [0.717, 1.165) is 0 Å². The van der Waals surface area contributed by atoms with Crippen molar-refractivity contribution in [3.8, 4) is 6.07 Å². The first-order chi connectivity index (χ1) is 7.80. The lowest BCUT2D eigenvalue weighted by atomic mass is 10.2. The molecule has 0 aromatic carbocycles. The summed E-state index contributed by atoms with van der Waals surface area (Å²) in [4.78, 5) is 22.8. The summed E-state index contributed by atoms with van der Waals surface area (Å²) in [5.74, 6) is -0.639. The molecule has 1 unspecified atom stereocenters. The van der Waals surface area contributed by atoms with E-state index in [1.807, 2.05) is 0 Å². The maximum Gasteiger partial charge on any atom is 0.408 e. The van der Waals surface area contributed by atoms with E-state index in [-0.39, 0.29) is 13.0 Å². The second-order valence-electron chi connectivity index (χ2n) is 4.31. The highest BCUT2D eigenvalue weighted by molar-refractivity contribution is 5.81. The molecule has 96 valence electrons. The predicted octanol–water partition coefficient (Wildman–Crippen LogP) is 1.36. The Morgan fingerprint density at radius 3 is 2.41 bits per heavy atom. The van der Waals surface area contributed by atoms with Crippen LogP contribution < -0.4 is 5.32 Å². The molecule has 0 aliphatic carbocycles. The summed E-state index contributed by atoms with van der Waals surface area (Å²) in [5.41, 5.74) is -0.657. The van der Waals surface area contributed by atoms with Crippen LogP contribution in [0.3, 0.4) is 0 Å². The van der Waals surface area contributed by atoms with Crippen LogP contribution in [0, 0.1) is 11.3 Å². The summed E-state index contributed by atoms with van der Waals surface area (Å²) in [7, 11) is 0. The summed E-state index contributed by atoms with van der Waals surface area (Å²) in [6.07, 6.45) is -0.899. The van der Waals surface area contributed by atoms with Gasteiger partial charge < -0.3 is 14.8 Å². The van der Waals surface area contributed by atoms with Crippen molar-refractivity contribution in [3.63, 3.8) is 0 Å². The summed E-state index contributed by atoms with van der Waals surface area (Å²) in [6.45, 7) is 6.95. The van der Waals surface area contributed by atoms with Crippen molar-refractivity contribution in [3.05, 3.63) is 0 Å². The fourth-order valence-electron chi connectivity index (χ4n) is 0.977. The number of rotatable bonds is 4. The van der Waals surface area contributed by atoms with Gasteiger partial charge in [-0.2, -0.15) is 5.26 Å². The Kier molecular flexibility index (Phi) is 6.03. The van der Waals surface area contributed by atoms with Crippen LogP contribution in [0.15, 0.2) is 0 Å². The lowest BCUT2D eigenvalue weighted by molar-refractivity contribution is -0.145. The number of nitrogens with zero attached hydrogens (tertiary/aromatic N) is 1. The lowest BCUT2D eigenvalue weighted by Crippen LogP contribution is -2.44. The van der Waals surface area contributed by atoms with Gasteiger partial charge in [0.15, 0.2) is 0 Å². The van der Waals surface area contributed by atoms with E-state index in [0.29, 0.717) is 0 Å². The second kappa shape index (κ2) is 6.74. The fraction of sp³-hybridized carbons (Fsp3) is 0.727. The maximum absolute atomic E-state index is 11.4. The van der Waals surface area contributed by atoms with Gasteiger partial charge in [-0.25, -0.2) is 9.59 Å². The molecule has 6 heteroatoms. The van der Waals surface area contributed by atoms with Gasteiger partial charge in [0.05, 0.1) is 19.1 Å². The third-order valence-corrected chi connectivity index (χ3v) is 1.56. The van der Waals surface area contributed by atoms with E-state index in [9.17, 15) is 9.59 Å². The van der Waals surface area contributed by atoms with Crippen LogP contribution in [0.1, 0.15) is 34.1 Å². The zero-order valence-corrected chi connectivity index (χ0v) is 10.6. The molecule has 0 aliphatic rings. The second-order valence-corrected chi connectivity index (χ2v) is 4.31. The van der Waals surface area contributed by atoms with Gasteiger partial charge in [-0.15, -0.1) is 0 Å². The standard InChI is InChI=1S/C11H18N2O4/c1-5-16-9(14)8(6-7-12)13-10(15)17-11(2,3)4/h8H,5-6H2,1-4H3,(H,13,15). The van der Waals surface area contributed by atoms with E-state index in [1.165, 1.54) is 0 Å². The number of hydrogen-bond donors (Lipinski definition) is 1. The van der Waals surface area contributed by atoms with Crippen LogP contribution in [0.5, 0.6) is 0 Å². The molecule has 0 aliphatic heterocycles. The van der Waals surface area contributed by atoms with Gasteiger partial charge in [0, 0.05) is 0 Å². The Balaban J connectivity index is 4.40. The molecule has 0 saturated heterocycles. The predicted molar refractivity (Wildman–Crippen MR) is 60.0 cm³/mol. The summed E-state index contributed by atoms with van der Waals surface area (Å²) >= 11 is 0. The minimum Gasteiger partial charge on any atom is -0.464 e. The highest BCUT2D eigenvalue weighted by Gasteiger charge is 2.24. The van der Waals surface area contributed by atoms with Crippen LogP contribution >= 0.6 is 0 Å². The Hall–Kier alpha value is -1.77. The molecule has 0 spiro atoms. The monoisotopic (exact) mass is 242 g/mol. The smallest absolute Gasteiger partial charge is 0.408 e. The highest BCUT2D eigenvalue weighted by Crippen LogP contribution is 2.07. The minimum absolute atomic E-state index is 0.155. The van der Waals surface area contributed by atoms with Gasteiger partial charge >= 0.3 is 12.1 Å². The average molecular weight is 242 g/mol. The Morgan fingerprint density at radius 1 is 1.41 bits per heavy atom. The fourth-order valence-corrected chi connectivity index (χ4v) is 0.977. The first kappa shape index (κ1) is 15.2. The number of amides is 1. The molecule has 1 amide bonds. The van der Waals surface area contributed by atoms with E-state index in [1.54, 1.807) is 33.8 Å². The molecule has 0 aromatic heterocycles. The molecule has 0 saturated carbocycles. The topological polar surface area (TPSA) is 88.4 Å². The SMILES string of the molecule is CCOC(=O)C(CC#N)NC(=O)OC(C)(C)C. The molecular formula is C11H18N2O4. The minimum atomic E-state index is -0.991. The molecule has 6 nitrogen and oxygen atoms in total. The van der Waals surface area contributed by atoms with Crippen molar-refractivity contribution >= 4 is 12.1 Å². The van der Waals surface area contributed by atoms with Crippen molar-refractivity contribution in [1.29, 1.82) is 5.26 Å². The third kappa shape index (κ3) is 7.17. The normalized spacial score (nSPS) is 12.2. The first-order valence-electron chi connectivity index (χ1n) is 5.33. The molecule has 0 bridgehead atoms. The van der Waals surface area contributed by atoms with Crippen LogP contribution in [-0.2, 0) is 14.3 Å². The van der Waals surface area contributed by atoms with Crippen molar-refractivity contribution < 1.29 is 19.1 Å². The van der Waals surface area contributed by atoms with Gasteiger partial charge in [-0.05, 0) is 27.7 Å². The van der Waals surface area contributed by atoms with Crippen molar-refractivity contribution in [2.45, 2.75) is 45.8 Å². The van der Waals surface area contributed by atoms with Gasteiger partial charge in [-0.1, -0.05) is 0 Å². The Labute approximate surface area is 101 Å². The van der Waals surface area contributed by atoms with Gasteiger partial charge in [0.2, 0.25) is 0 Å². The lowest BCUT2D eigenvalue weighted by Gasteiger charge is -2.21. The third-order valence-electron chi connectivity index (χ3n) is 1.56. The number of hydrogen-bond acceptors (Lipinski definition) is 5. The first-order valence-corrected chi connectivity index (χ1v) is 5.33. The molecule has 0 rings (SSSR count). The average Bonchev–Trinajstić information content (AvgIpc) is 2.14. The zero-order chi connectivity index (χ0) is 13.5. The quantitative estimate of drug-likeness (QED) is 0.752. The van der Waals surface area contributed by atoms with E-state index < -0.39 is 23.7 Å². The van der Waals surface area contributed by atoms with E-state index in [4.69, 9.17) is 14.7 Å². The Bertz CT molecular complexity index is 314. The molecule has 1 atom stereocenters. The van der Waals surface area contributed by atoms with Gasteiger partial charge in [0.25, 0.3) is 0 Å². The molecule has 0 aromatic rings. The molecule has 17 heavy (non-hydrogen) atoms. The largest absolute Gasteiger partial charge is 0.464 e. The number of esters is 1. The number of ether oxygens (including phenoxy) is 2. The zero-order valence-electron chi connectivity index (χ0n) is 10.6. The Morgan fingerprint density at radius 2 is 2.00 bits per heavy atom. The molecule has 0 heterocycles. The molecule has 0 fully saturated rings. The van der Waals surface area contributed by atoms with Crippen molar-refractivity contribution in [1.82, 2.24) is 5.32 Å². The van der Waals surface area contributed by atoms with Crippen LogP contribution in [-0.4, -0.2) is 30.3 Å². The summed E-state index contributed by atoms with van der Waals surface area (Å²) in [5, 5.41) is 10.9. The summed E-state index contributed by atoms with van der Waals surface area (Å²) < 4.78 is 9.70.